The summed E-state index contributed by atoms with van der Waals surface area (Å²) in [7, 11) is 1.34. The fraction of sp³-hybridized carbons (Fsp3) is 0.489. The Morgan fingerprint density at radius 1 is 0.967 bits per heavy atom. The van der Waals surface area contributed by atoms with E-state index in [9.17, 15) is 44.7 Å². The Bertz CT molecular complexity index is 2220. The third kappa shape index (κ3) is 8.52. The number of nitrogens with zero attached hydrogens (tertiary/aromatic N) is 1. The first-order chi connectivity index (χ1) is 29.1. The van der Waals surface area contributed by atoms with E-state index in [0.717, 1.165) is 19.3 Å². The Kier molecular flexibility index (Phi) is 12.7. The van der Waals surface area contributed by atoms with Crippen LogP contribution in [0.3, 0.4) is 0 Å². The van der Waals surface area contributed by atoms with E-state index in [4.69, 9.17) is 24.7 Å². The summed E-state index contributed by atoms with van der Waals surface area (Å²) in [5.41, 5.74) is 5.17. The lowest BCUT2D eigenvalue weighted by Crippen LogP contribution is -2.56. The number of amides is 1. The summed E-state index contributed by atoms with van der Waals surface area (Å²) >= 11 is 0. The van der Waals surface area contributed by atoms with Crippen molar-refractivity contribution in [3.63, 3.8) is 0 Å². The van der Waals surface area contributed by atoms with Crippen LogP contribution < -0.4 is 15.9 Å². The molecule has 7 rings (SSSR count). The highest BCUT2D eigenvalue weighted by Crippen LogP contribution is 2.53. The number of aliphatic carboxylic acids is 1. The monoisotopic (exact) mass is 843 g/mol. The molecule has 0 bridgehead atoms. The number of carboxylic acid groups (broad SMARTS) is 1. The van der Waals surface area contributed by atoms with Gasteiger partial charge in [0, 0.05) is 41.7 Å². The van der Waals surface area contributed by atoms with Crippen molar-refractivity contribution in [2.24, 2.45) is 16.8 Å². The van der Waals surface area contributed by atoms with Crippen LogP contribution in [-0.2, 0) is 30.2 Å². The predicted octanol–water partition coefficient (Wildman–Crippen LogP) is 4.16. The molecule has 0 radical (unpaired) electrons. The Labute approximate surface area is 352 Å². The molecule has 1 amide bonds. The molecule has 1 saturated heterocycles. The molecule has 0 spiro atoms. The van der Waals surface area contributed by atoms with Gasteiger partial charge in [0.2, 0.25) is 11.7 Å². The second-order valence-corrected chi connectivity index (χ2v) is 16.8. The van der Waals surface area contributed by atoms with E-state index < -0.39 is 107 Å². The number of hydrogen-bond acceptors (Lipinski definition) is 14. The standard InChI is InChI=1S/C45H53N3O13/c1-23(24-10-5-4-6-11-24)27(18-33(50)51)43(56)48-47-31(22-49)45(57)20-28-36(30(21-45)60-25-15-16-32(44(2,46)19-25)61-34-14-7-8-17-59-34)42(55)38-37(40(28)53)39(52)26-12-9-13-29(58-3)35(26)41(38)54/h4-6,9-13,23,25,27,30,32,34,49,53,55,57H,7-8,14-22,46H2,1-3H3,(H,48,56)(H,50,51)/b47-31+/t23?,25-,27?,30+,32-,34-,44-,45+/m1/s1. The topological polar surface area (TPSA) is 257 Å². The number of aliphatic hydroxyl groups is 2. The minimum Gasteiger partial charge on any atom is -0.507 e. The van der Waals surface area contributed by atoms with Gasteiger partial charge in [0.25, 0.3) is 0 Å². The van der Waals surface area contributed by atoms with Gasteiger partial charge in [-0.2, -0.15) is 5.10 Å². The van der Waals surface area contributed by atoms with E-state index in [2.05, 4.69) is 10.5 Å². The Morgan fingerprint density at radius 2 is 1.70 bits per heavy atom. The van der Waals surface area contributed by atoms with E-state index in [1.807, 2.05) is 6.92 Å². The van der Waals surface area contributed by atoms with Crippen molar-refractivity contribution in [2.45, 2.75) is 113 Å². The van der Waals surface area contributed by atoms with Crippen molar-refractivity contribution in [1.29, 1.82) is 0 Å². The summed E-state index contributed by atoms with van der Waals surface area (Å²) in [6.07, 6.45) is -0.327. The summed E-state index contributed by atoms with van der Waals surface area (Å²) < 4.78 is 24.2. The molecule has 0 aromatic heterocycles. The molecule has 1 aliphatic heterocycles. The molecular formula is C45H53N3O13. The highest BCUT2D eigenvalue weighted by molar-refractivity contribution is 6.31. The van der Waals surface area contributed by atoms with Crippen LogP contribution in [0, 0.1) is 5.92 Å². The number of benzene rings is 3. The third-order valence-corrected chi connectivity index (χ3v) is 12.7. The van der Waals surface area contributed by atoms with Crippen LogP contribution in [0.1, 0.15) is 126 Å². The molecule has 4 aliphatic rings. The van der Waals surface area contributed by atoms with Gasteiger partial charge in [0.05, 0.1) is 66.8 Å². The van der Waals surface area contributed by atoms with Crippen LogP contribution in [0.2, 0.25) is 0 Å². The normalized spacial score (nSPS) is 27.3. The van der Waals surface area contributed by atoms with Crippen molar-refractivity contribution in [3.8, 4) is 17.2 Å². The molecule has 2 unspecified atom stereocenters. The van der Waals surface area contributed by atoms with Crippen LogP contribution in [-0.4, -0.2) is 105 Å². The molecule has 3 aliphatic carbocycles. The molecule has 16 heteroatoms. The SMILES string of the molecule is COc1cccc2c1C(=O)c1c(O)c3c(c(O)c1C2=O)C[C@@](O)(/C(CO)=N/NC(=O)C(CC(=O)O)C(C)c1ccccc1)C[C@@H]3O[C@@H]1CC[C@@H](O[C@@H]2CCCCO2)[C@](C)(N)C1. The first-order valence-electron chi connectivity index (χ1n) is 20.6. The molecule has 3 aromatic carbocycles. The number of nitrogens with two attached hydrogens (primary N) is 1. The average Bonchev–Trinajstić information content (AvgIpc) is 3.24. The van der Waals surface area contributed by atoms with Crippen molar-refractivity contribution < 1.29 is 63.7 Å². The maximum atomic E-state index is 14.2. The van der Waals surface area contributed by atoms with Gasteiger partial charge >= 0.3 is 5.97 Å². The molecule has 8 N–H and O–H groups in total. The zero-order chi connectivity index (χ0) is 43.8. The quantitative estimate of drug-likeness (QED) is 0.0567. The molecule has 1 saturated carbocycles. The van der Waals surface area contributed by atoms with Gasteiger partial charge in [0.1, 0.15) is 22.8 Å². The van der Waals surface area contributed by atoms with Gasteiger partial charge in [-0.1, -0.05) is 49.4 Å². The number of hydrazone groups is 1. The van der Waals surface area contributed by atoms with E-state index in [-0.39, 0.29) is 52.5 Å². The number of methoxy groups -OCH3 is 1. The largest absolute Gasteiger partial charge is 0.507 e. The second-order valence-electron chi connectivity index (χ2n) is 16.8. The molecule has 1 heterocycles. The number of carboxylic acids is 1. The highest BCUT2D eigenvalue weighted by Gasteiger charge is 2.50. The summed E-state index contributed by atoms with van der Waals surface area (Å²) in [5.74, 6) is -6.44. The number of ether oxygens (including phenoxy) is 4. The number of phenols is 2. The zero-order valence-corrected chi connectivity index (χ0v) is 34.4. The van der Waals surface area contributed by atoms with E-state index in [1.165, 1.54) is 25.3 Å². The Morgan fingerprint density at radius 3 is 2.36 bits per heavy atom. The van der Waals surface area contributed by atoms with Crippen molar-refractivity contribution in [2.75, 3.05) is 20.3 Å². The van der Waals surface area contributed by atoms with E-state index >= 15 is 0 Å². The molecular weight excluding hydrogens is 791 g/mol. The predicted molar refractivity (Wildman–Crippen MR) is 219 cm³/mol. The number of phenolic OH excluding ortho intramolecular Hbond substituents is 2. The zero-order valence-electron chi connectivity index (χ0n) is 34.4. The van der Waals surface area contributed by atoms with Crippen LogP contribution in [0.25, 0.3) is 0 Å². The van der Waals surface area contributed by atoms with Gasteiger partial charge < -0.3 is 50.2 Å². The number of ketones is 2. The number of aliphatic hydroxyl groups excluding tert-OH is 1. The molecule has 3 aromatic rings. The van der Waals surface area contributed by atoms with Crippen molar-refractivity contribution in [1.82, 2.24) is 5.43 Å². The minimum absolute atomic E-state index is 0.0485. The smallest absolute Gasteiger partial charge is 0.304 e. The van der Waals surface area contributed by atoms with Gasteiger partial charge in [-0.05, 0) is 63.0 Å². The highest BCUT2D eigenvalue weighted by atomic mass is 16.7. The first-order valence-corrected chi connectivity index (χ1v) is 20.6. The maximum Gasteiger partial charge on any atom is 0.304 e. The molecule has 8 atom stereocenters. The number of fused-ring (bicyclic) bond motifs is 3. The first kappa shape index (κ1) is 43.8. The van der Waals surface area contributed by atoms with Crippen LogP contribution in [0.15, 0.2) is 53.6 Å². The van der Waals surface area contributed by atoms with Gasteiger partial charge in [-0.15, -0.1) is 0 Å². The third-order valence-electron chi connectivity index (χ3n) is 12.7. The lowest BCUT2D eigenvalue weighted by atomic mass is 9.71. The molecule has 61 heavy (non-hydrogen) atoms. The van der Waals surface area contributed by atoms with Crippen molar-refractivity contribution >= 4 is 29.2 Å². The number of nitrogens with one attached hydrogen (secondary N) is 1. The fourth-order valence-electron chi connectivity index (χ4n) is 9.38. The summed E-state index contributed by atoms with van der Waals surface area (Å²) in [5, 5.41) is 61.2. The Hall–Kier alpha value is -5.23. The summed E-state index contributed by atoms with van der Waals surface area (Å²) in [6, 6.07) is 13.3. The number of carbonyl (C=O) groups excluding carboxylic acids is 3. The maximum absolute atomic E-state index is 14.2. The molecule has 16 nitrogen and oxygen atoms in total. The molecule has 2 fully saturated rings. The minimum atomic E-state index is -2.20. The van der Waals surface area contributed by atoms with Crippen molar-refractivity contribution in [3.05, 3.63) is 87.5 Å². The number of rotatable bonds is 13. The van der Waals surface area contributed by atoms with Gasteiger partial charge in [-0.25, -0.2) is 5.43 Å². The van der Waals surface area contributed by atoms with E-state index in [0.29, 0.717) is 25.0 Å². The summed E-state index contributed by atoms with van der Waals surface area (Å²) in [4.78, 5) is 53.8. The number of carbonyl (C=O) groups is 4. The fourth-order valence-corrected chi connectivity index (χ4v) is 9.38. The number of aromatic hydroxyl groups is 2. The Balaban J connectivity index is 1.26. The van der Waals surface area contributed by atoms with Crippen LogP contribution in [0.5, 0.6) is 17.2 Å². The van der Waals surface area contributed by atoms with Crippen LogP contribution in [0.4, 0.5) is 0 Å². The number of hydrogen-bond donors (Lipinski definition) is 7. The van der Waals surface area contributed by atoms with Gasteiger partial charge in [-0.3, -0.25) is 19.2 Å². The average molecular weight is 844 g/mol. The van der Waals surface area contributed by atoms with Crippen LogP contribution >= 0.6 is 0 Å². The lowest BCUT2D eigenvalue weighted by molar-refractivity contribution is -0.213. The van der Waals surface area contributed by atoms with Gasteiger partial charge in [0.15, 0.2) is 12.1 Å². The lowest BCUT2D eigenvalue weighted by Gasteiger charge is -2.46. The van der Waals surface area contributed by atoms with E-state index in [1.54, 1.807) is 37.3 Å². The summed E-state index contributed by atoms with van der Waals surface area (Å²) in [6.45, 7) is 3.23. The second kappa shape index (κ2) is 17.6. The molecule has 326 valence electrons.